The van der Waals surface area contributed by atoms with Crippen molar-refractivity contribution in [2.45, 2.75) is 283 Å². The van der Waals surface area contributed by atoms with Crippen LogP contribution in [0.2, 0.25) is 0 Å². The highest BCUT2D eigenvalue weighted by Gasteiger charge is 2.22. The van der Waals surface area contributed by atoms with Gasteiger partial charge in [0.25, 0.3) is 0 Å². The van der Waals surface area contributed by atoms with Crippen molar-refractivity contribution in [3.63, 3.8) is 0 Å². The summed E-state index contributed by atoms with van der Waals surface area (Å²) in [6, 6.07) is -0.811. The van der Waals surface area contributed by atoms with E-state index in [0.717, 1.165) is 38.5 Å². The number of carbonyl (C=O) groups excluding carboxylic acids is 1. The lowest BCUT2D eigenvalue weighted by Crippen LogP contribution is -2.48. The average Bonchev–Trinajstić information content (AvgIpc) is 3.19. The quantitative estimate of drug-likeness (QED) is 0.0366. The van der Waals surface area contributed by atoms with Crippen LogP contribution < -0.4 is 5.32 Å². The second-order valence-corrected chi connectivity index (χ2v) is 17.0. The molecule has 0 aromatic carbocycles. The van der Waals surface area contributed by atoms with Crippen molar-refractivity contribution >= 4 is 5.91 Å². The Labute approximate surface area is 343 Å². The van der Waals surface area contributed by atoms with Gasteiger partial charge in [0, 0.05) is 0 Å². The molecule has 0 saturated carbocycles. The topological polar surface area (TPSA) is 89.8 Å². The smallest absolute Gasteiger partial charge is 0.249 e. The fraction of sp³-hybridized carbons (Fsp3) is 0.900. The summed E-state index contributed by atoms with van der Waals surface area (Å²) in [4.78, 5) is 12.5. The predicted molar refractivity (Wildman–Crippen MR) is 241 cm³/mol. The zero-order valence-electron chi connectivity index (χ0n) is 37.1. The van der Waals surface area contributed by atoms with Crippen LogP contribution in [0.25, 0.3) is 0 Å². The third-order valence-corrected chi connectivity index (χ3v) is 11.5. The lowest BCUT2D eigenvalue weighted by Gasteiger charge is -2.21. The molecule has 0 rings (SSSR count). The number of aliphatic hydroxyl groups is 3. The van der Waals surface area contributed by atoms with E-state index >= 15 is 0 Å². The highest BCUT2D eigenvalue weighted by atomic mass is 16.3. The summed E-state index contributed by atoms with van der Waals surface area (Å²) < 4.78 is 0. The number of allylic oxidation sites excluding steroid dienone is 3. The molecule has 5 heteroatoms. The summed E-state index contributed by atoms with van der Waals surface area (Å²) >= 11 is 0. The molecule has 0 fully saturated rings. The first kappa shape index (κ1) is 53.8. The lowest BCUT2D eigenvalue weighted by molar-refractivity contribution is -0.131. The SMILES string of the molecule is CCCCCCCCCCCCCCCCCCCC/C=C/CC/C=C/C(O)C(CO)NC(=O)C(O)CCCCCCCCCCCCCCCCCCC. The maximum absolute atomic E-state index is 12.5. The number of unbranched alkanes of at least 4 members (excludes halogenated alkanes) is 35. The highest BCUT2D eigenvalue weighted by molar-refractivity contribution is 5.80. The Morgan fingerprint density at radius 2 is 0.745 bits per heavy atom. The van der Waals surface area contributed by atoms with Crippen LogP contribution in [-0.2, 0) is 4.79 Å². The number of amides is 1. The normalized spacial score (nSPS) is 13.6. The molecule has 0 aliphatic rings. The van der Waals surface area contributed by atoms with Gasteiger partial charge in [0.05, 0.1) is 18.8 Å². The van der Waals surface area contributed by atoms with E-state index in [1.807, 2.05) is 6.08 Å². The van der Waals surface area contributed by atoms with Crippen molar-refractivity contribution in [1.82, 2.24) is 5.32 Å². The van der Waals surface area contributed by atoms with Crippen molar-refractivity contribution in [2.75, 3.05) is 6.61 Å². The highest BCUT2D eigenvalue weighted by Crippen LogP contribution is 2.17. The van der Waals surface area contributed by atoms with Crippen molar-refractivity contribution in [3.05, 3.63) is 24.3 Å². The molecular weight excluding hydrogens is 679 g/mol. The van der Waals surface area contributed by atoms with E-state index in [1.165, 1.54) is 205 Å². The largest absolute Gasteiger partial charge is 0.394 e. The molecule has 55 heavy (non-hydrogen) atoms. The van der Waals surface area contributed by atoms with Gasteiger partial charge in [0.1, 0.15) is 6.10 Å². The third-order valence-electron chi connectivity index (χ3n) is 11.5. The average molecular weight is 776 g/mol. The molecule has 3 unspecified atom stereocenters. The van der Waals surface area contributed by atoms with Gasteiger partial charge in [0.2, 0.25) is 5.91 Å². The van der Waals surface area contributed by atoms with E-state index < -0.39 is 24.2 Å². The zero-order valence-corrected chi connectivity index (χ0v) is 37.1. The summed E-state index contributed by atoms with van der Waals surface area (Å²) in [6.07, 6.45) is 56.6. The molecule has 0 saturated heterocycles. The zero-order chi connectivity index (χ0) is 40.1. The van der Waals surface area contributed by atoms with Gasteiger partial charge in [-0.05, 0) is 32.1 Å². The van der Waals surface area contributed by atoms with Crippen LogP contribution in [0.3, 0.4) is 0 Å². The van der Waals surface area contributed by atoms with E-state index in [2.05, 4.69) is 31.3 Å². The predicted octanol–water partition coefficient (Wildman–Crippen LogP) is 14.6. The molecule has 4 N–H and O–H groups in total. The molecule has 1 amide bonds. The van der Waals surface area contributed by atoms with Gasteiger partial charge in [-0.3, -0.25) is 4.79 Å². The first-order valence-electron chi connectivity index (χ1n) is 24.7. The molecule has 0 aromatic heterocycles. The Kier molecular flexibility index (Phi) is 44.6. The minimum Gasteiger partial charge on any atom is -0.394 e. The fourth-order valence-electron chi connectivity index (χ4n) is 7.67. The standard InChI is InChI=1S/C50H97NO4/c1-3-5-7-9-11-13-15-17-19-21-22-23-24-25-26-27-29-30-32-34-36-38-40-42-44-48(53)47(46-52)51-50(55)49(54)45-43-41-39-37-35-33-31-28-20-18-16-14-12-10-8-6-4-2/h34,36,42,44,47-49,52-54H,3-33,35,37-41,43,45-46H2,1-2H3,(H,51,55)/b36-34+,44-42+. The number of nitrogens with one attached hydrogen (secondary N) is 1. The Morgan fingerprint density at radius 3 is 1.11 bits per heavy atom. The Hall–Kier alpha value is -1.17. The third kappa shape index (κ3) is 40.8. The number of carbonyl (C=O) groups is 1. The second kappa shape index (κ2) is 45.5. The Morgan fingerprint density at radius 1 is 0.436 bits per heavy atom. The molecule has 0 aliphatic heterocycles. The molecule has 0 bridgehead atoms. The monoisotopic (exact) mass is 776 g/mol. The maximum Gasteiger partial charge on any atom is 0.249 e. The van der Waals surface area contributed by atoms with Crippen molar-refractivity contribution < 1.29 is 20.1 Å². The molecule has 5 nitrogen and oxygen atoms in total. The first-order chi connectivity index (χ1) is 27.1. The molecule has 0 aromatic rings. The van der Waals surface area contributed by atoms with Gasteiger partial charge in [0.15, 0.2) is 0 Å². The maximum atomic E-state index is 12.5. The van der Waals surface area contributed by atoms with E-state index in [0.29, 0.717) is 6.42 Å². The van der Waals surface area contributed by atoms with Crippen LogP contribution >= 0.6 is 0 Å². The Balaban J connectivity index is 3.64. The number of hydrogen-bond donors (Lipinski definition) is 4. The fourth-order valence-corrected chi connectivity index (χ4v) is 7.67. The molecule has 0 radical (unpaired) electrons. The van der Waals surface area contributed by atoms with Crippen molar-refractivity contribution in [1.29, 1.82) is 0 Å². The summed E-state index contributed by atoms with van der Waals surface area (Å²) in [5, 5.41) is 33.2. The van der Waals surface area contributed by atoms with Gasteiger partial charge in [-0.2, -0.15) is 0 Å². The van der Waals surface area contributed by atoms with E-state index in [-0.39, 0.29) is 6.61 Å². The van der Waals surface area contributed by atoms with Gasteiger partial charge in [-0.15, -0.1) is 0 Å². The second-order valence-electron chi connectivity index (χ2n) is 17.0. The Bertz CT molecular complexity index is 814. The van der Waals surface area contributed by atoms with Crippen LogP contribution in [-0.4, -0.2) is 46.1 Å². The van der Waals surface area contributed by atoms with Gasteiger partial charge >= 0.3 is 0 Å². The van der Waals surface area contributed by atoms with Gasteiger partial charge < -0.3 is 20.6 Å². The summed E-state index contributed by atoms with van der Waals surface area (Å²) in [5.74, 6) is -0.509. The molecular formula is C50H97NO4. The first-order valence-corrected chi connectivity index (χ1v) is 24.7. The van der Waals surface area contributed by atoms with Crippen LogP contribution in [0.1, 0.15) is 264 Å². The van der Waals surface area contributed by atoms with E-state index in [4.69, 9.17) is 0 Å². The number of rotatable bonds is 45. The molecule has 0 heterocycles. The van der Waals surface area contributed by atoms with E-state index in [1.54, 1.807) is 6.08 Å². The number of hydrogen-bond acceptors (Lipinski definition) is 4. The lowest BCUT2D eigenvalue weighted by atomic mass is 10.0. The van der Waals surface area contributed by atoms with Gasteiger partial charge in [-0.25, -0.2) is 0 Å². The molecule has 326 valence electrons. The minimum atomic E-state index is -1.10. The van der Waals surface area contributed by atoms with Gasteiger partial charge in [-0.1, -0.05) is 256 Å². The number of aliphatic hydroxyl groups excluding tert-OH is 3. The minimum absolute atomic E-state index is 0.373. The summed E-state index contributed by atoms with van der Waals surface area (Å²) in [6.45, 7) is 4.19. The molecule has 0 aliphatic carbocycles. The van der Waals surface area contributed by atoms with Crippen LogP contribution in [0.4, 0.5) is 0 Å². The molecule has 3 atom stereocenters. The van der Waals surface area contributed by atoms with Crippen LogP contribution in [0.15, 0.2) is 24.3 Å². The summed E-state index contributed by atoms with van der Waals surface area (Å²) in [7, 11) is 0. The van der Waals surface area contributed by atoms with Crippen molar-refractivity contribution in [3.8, 4) is 0 Å². The van der Waals surface area contributed by atoms with Crippen LogP contribution in [0, 0.1) is 0 Å². The van der Waals surface area contributed by atoms with Crippen molar-refractivity contribution in [2.24, 2.45) is 0 Å². The van der Waals surface area contributed by atoms with E-state index in [9.17, 15) is 20.1 Å². The summed E-state index contributed by atoms with van der Waals surface area (Å²) in [5.41, 5.74) is 0. The molecule has 0 spiro atoms. The van der Waals surface area contributed by atoms with Crippen LogP contribution in [0.5, 0.6) is 0 Å².